The first kappa shape index (κ1) is 8.08. The van der Waals surface area contributed by atoms with Crippen LogP contribution in [-0.4, -0.2) is 11.7 Å². The predicted octanol–water partition coefficient (Wildman–Crippen LogP) is 2.19. The lowest BCUT2D eigenvalue weighted by molar-refractivity contribution is 0.364. The van der Waals surface area contributed by atoms with Gasteiger partial charge in [-0.3, -0.25) is 0 Å². The summed E-state index contributed by atoms with van der Waals surface area (Å²) in [6, 6.07) is 5.88. The molecule has 1 aromatic rings. The molecule has 0 aliphatic carbocycles. The van der Waals surface area contributed by atoms with E-state index < -0.39 is 0 Å². The van der Waals surface area contributed by atoms with Gasteiger partial charge in [-0.15, -0.1) is 0 Å². The smallest absolute Gasteiger partial charge is 0.120 e. The molecule has 1 aliphatic heterocycles. The number of phenols is 1. The first-order valence-electron chi connectivity index (χ1n) is 3.99. The van der Waals surface area contributed by atoms with Crippen molar-refractivity contribution in [3.05, 3.63) is 28.2 Å². The molecule has 1 aliphatic rings. The van der Waals surface area contributed by atoms with Gasteiger partial charge < -0.3 is 10.4 Å². The van der Waals surface area contributed by atoms with Crippen molar-refractivity contribution in [1.29, 1.82) is 0 Å². The van der Waals surface area contributed by atoms with E-state index in [1.54, 1.807) is 6.07 Å². The Morgan fingerprint density at radius 1 is 1.50 bits per heavy atom. The Labute approximate surface area is 79.7 Å². The molecule has 1 unspecified atom stereocenters. The molecule has 0 amide bonds. The number of aromatic hydroxyl groups is 1. The Morgan fingerprint density at radius 3 is 2.83 bits per heavy atom. The number of hydrogen-bond acceptors (Lipinski definition) is 2. The molecule has 1 aromatic carbocycles. The van der Waals surface area contributed by atoms with Crippen molar-refractivity contribution in [3.63, 3.8) is 0 Å². The Balaban J connectivity index is 2.34. The van der Waals surface area contributed by atoms with Gasteiger partial charge in [-0.05, 0) is 31.2 Å². The van der Waals surface area contributed by atoms with Gasteiger partial charge in [0, 0.05) is 16.1 Å². The number of benzene rings is 1. The van der Waals surface area contributed by atoms with Gasteiger partial charge in [0.2, 0.25) is 0 Å². The minimum atomic E-state index is 0.350. The highest BCUT2D eigenvalue weighted by Gasteiger charge is 2.21. The van der Waals surface area contributed by atoms with Crippen molar-refractivity contribution in [2.75, 3.05) is 6.54 Å². The summed E-state index contributed by atoms with van der Waals surface area (Å²) in [5.74, 6) is 0.385. The quantitative estimate of drug-likeness (QED) is 0.772. The van der Waals surface area contributed by atoms with Crippen LogP contribution < -0.4 is 5.32 Å². The van der Waals surface area contributed by atoms with Gasteiger partial charge in [0.05, 0.1) is 0 Å². The van der Waals surface area contributed by atoms with Crippen LogP contribution in [0.1, 0.15) is 18.0 Å². The van der Waals surface area contributed by atoms with Crippen molar-refractivity contribution in [2.45, 2.75) is 12.5 Å². The Hall–Kier alpha value is -0.540. The lowest BCUT2D eigenvalue weighted by atomic mass is 9.97. The molecule has 12 heavy (non-hydrogen) atoms. The first-order chi connectivity index (χ1) is 5.77. The molecule has 3 heteroatoms. The van der Waals surface area contributed by atoms with Crippen LogP contribution in [0.4, 0.5) is 0 Å². The molecule has 1 heterocycles. The normalized spacial score (nSPS) is 21.9. The zero-order valence-corrected chi connectivity index (χ0v) is 8.13. The van der Waals surface area contributed by atoms with E-state index in [0.29, 0.717) is 11.8 Å². The minimum absolute atomic E-state index is 0.350. The fourth-order valence-electron chi connectivity index (χ4n) is 1.36. The highest BCUT2D eigenvalue weighted by molar-refractivity contribution is 9.10. The summed E-state index contributed by atoms with van der Waals surface area (Å²) in [5, 5.41) is 12.8. The van der Waals surface area contributed by atoms with E-state index in [1.165, 1.54) is 0 Å². The first-order valence-corrected chi connectivity index (χ1v) is 4.78. The van der Waals surface area contributed by atoms with E-state index >= 15 is 0 Å². The molecule has 0 radical (unpaired) electrons. The van der Waals surface area contributed by atoms with Gasteiger partial charge in [0.15, 0.2) is 0 Å². The summed E-state index contributed by atoms with van der Waals surface area (Å²) >= 11 is 3.38. The molecule has 1 atom stereocenters. The van der Waals surface area contributed by atoms with Crippen molar-refractivity contribution in [2.24, 2.45) is 0 Å². The number of halogens is 1. The summed E-state index contributed by atoms with van der Waals surface area (Å²) in [4.78, 5) is 0. The third-order valence-corrected chi connectivity index (χ3v) is 2.68. The molecule has 0 aromatic heterocycles. The van der Waals surface area contributed by atoms with Crippen molar-refractivity contribution < 1.29 is 5.11 Å². The third-order valence-electron chi connectivity index (χ3n) is 2.19. The van der Waals surface area contributed by atoms with Gasteiger partial charge in [0.1, 0.15) is 5.75 Å². The molecule has 2 N–H and O–H groups in total. The SMILES string of the molecule is Oc1ccc(Br)cc1C1CCN1. The van der Waals surface area contributed by atoms with Crippen LogP contribution in [0, 0.1) is 0 Å². The van der Waals surface area contributed by atoms with Crippen LogP contribution in [-0.2, 0) is 0 Å². The summed E-state index contributed by atoms with van der Waals surface area (Å²) < 4.78 is 1.02. The van der Waals surface area contributed by atoms with E-state index in [9.17, 15) is 5.11 Å². The highest BCUT2D eigenvalue weighted by atomic mass is 79.9. The Bertz CT molecular complexity index is 297. The number of phenolic OH excluding ortho intramolecular Hbond substituents is 1. The zero-order valence-electron chi connectivity index (χ0n) is 6.55. The van der Waals surface area contributed by atoms with E-state index in [2.05, 4.69) is 21.2 Å². The molecule has 0 bridgehead atoms. The monoisotopic (exact) mass is 227 g/mol. The van der Waals surface area contributed by atoms with Crippen molar-refractivity contribution in [1.82, 2.24) is 5.32 Å². The third kappa shape index (κ3) is 1.34. The largest absolute Gasteiger partial charge is 0.508 e. The molecule has 0 spiro atoms. The molecule has 1 saturated heterocycles. The molecular weight excluding hydrogens is 218 g/mol. The lowest BCUT2D eigenvalue weighted by Crippen LogP contribution is -2.34. The maximum atomic E-state index is 9.51. The van der Waals surface area contributed by atoms with Crippen LogP contribution in [0.25, 0.3) is 0 Å². The van der Waals surface area contributed by atoms with Crippen LogP contribution in [0.5, 0.6) is 5.75 Å². The van der Waals surface area contributed by atoms with Gasteiger partial charge in [-0.25, -0.2) is 0 Å². The van der Waals surface area contributed by atoms with Gasteiger partial charge in [-0.1, -0.05) is 15.9 Å². The van der Waals surface area contributed by atoms with Crippen LogP contribution >= 0.6 is 15.9 Å². The summed E-state index contributed by atoms with van der Waals surface area (Å²) in [7, 11) is 0. The van der Waals surface area contributed by atoms with E-state index in [-0.39, 0.29) is 0 Å². The average Bonchev–Trinajstić information content (AvgIpc) is 1.93. The van der Waals surface area contributed by atoms with Crippen LogP contribution in [0.3, 0.4) is 0 Å². The fourth-order valence-corrected chi connectivity index (χ4v) is 1.74. The van der Waals surface area contributed by atoms with Gasteiger partial charge in [0.25, 0.3) is 0 Å². The number of nitrogens with one attached hydrogen (secondary N) is 1. The molecule has 2 nitrogen and oxygen atoms in total. The van der Waals surface area contributed by atoms with E-state index in [1.807, 2.05) is 12.1 Å². The number of rotatable bonds is 1. The minimum Gasteiger partial charge on any atom is -0.508 e. The van der Waals surface area contributed by atoms with E-state index in [4.69, 9.17) is 0 Å². The van der Waals surface area contributed by atoms with Gasteiger partial charge >= 0.3 is 0 Å². The topological polar surface area (TPSA) is 32.3 Å². The maximum absolute atomic E-state index is 9.51. The van der Waals surface area contributed by atoms with Crippen molar-refractivity contribution in [3.8, 4) is 5.75 Å². The summed E-state index contributed by atoms with van der Waals surface area (Å²) in [6.45, 7) is 1.05. The predicted molar refractivity (Wildman–Crippen MR) is 51.2 cm³/mol. The van der Waals surface area contributed by atoms with Crippen LogP contribution in [0.15, 0.2) is 22.7 Å². The van der Waals surface area contributed by atoms with Gasteiger partial charge in [-0.2, -0.15) is 0 Å². The van der Waals surface area contributed by atoms with E-state index in [0.717, 1.165) is 23.0 Å². The van der Waals surface area contributed by atoms with Crippen LogP contribution in [0.2, 0.25) is 0 Å². The fraction of sp³-hybridized carbons (Fsp3) is 0.333. The summed E-state index contributed by atoms with van der Waals surface area (Å²) in [5.41, 5.74) is 0.996. The molecule has 0 saturated carbocycles. The standard InChI is InChI=1S/C9H10BrNO/c10-6-1-2-9(12)7(5-6)8-3-4-11-8/h1-2,5,8,11-12H,3-4H2. The second-order valence-corrected chi connectivity index (χ2v) is 3.91. The molecule has 2 rings (SSSR count). The Morgan fingerprint density at radius 2 is 2.25 bits per heavy atom. The Kier molecular flexibility index (Phi) is 2.07. The lowest BCUT2D eigenvalue weighted by Gasteiger charge is -2.28. The average molecular weight is 228 g/mol. The second kappa shape index (κ2) is 3.07. The highest BCUT2D eigenvalue weighted by Crippen LogP contribution is 2.32. The number of hydrogen-bond donors (Lipinski definition) is 2. The maximum Gasteiger partial charge on any atom is 0.120 e. The van der Waals surface area contributed by atoms with Crippen molar-refractivity contribution >= 4 is 15.9 Å². The molecule has 1 fully saturated rings. The zero-order chi connectivity index (χ0) is 8.55. The molecular formula is C9H10BrNO. The summed E-state index contributed by atoms with van der Waals surface area (Å²) in [6.07, 6.45) is 1.12. The molecule has 64 valence electrons. The second-order valence-electron chi connectivity index (χ2n) is 3.00.